The molecule has 2 N–H and O–H groups in total. The van der Waals surface area contributed by atoms with Gasteiger partial charge in [-0.3, -0.25) is 0 Å². The second-order valence-corrected chi connectivity index (χ2v) is 10.2. The van der Waals surface area contributed by atoms with E-state index < -0.39 is 6.10 Å². The van der Waals surface area contributed by atoms with Crippen LogP contribution in [0.3, 0.4) is 0 Å². The van der Waals surface area contributed by atoms with Gasteiger partial charge in [-0.2, -0.15) is 0 Å². The molecule has 0 bridgehead atoms. The summed E-state index contributed by atoms with van der Waals surface area (Å²) >= 11 is 0. The molecule has 0 fully saturated rings. The molecule has 0 saturated heterocycles. The summed E-state index contributed by atoms with van der Waals surface area (Å²) in [7, 11) is 1.64. The highest BCUT2D eigenvalue weighted by molar-refractivity contribution is 6.03. The van der Waals surface area contributed by atoms with Gasteiger partial charge < -0.3 is 19.9 Å². The van der Waals surface area contributed by atoms with Gasteiger partial charge in [0.25, 0.3) is 0 Å². The Balaban J connectivity index is 1.35. The van der Waals surface area contributed by atoms with E-state index in [-0.39, 0.29) is 18.2 Å². The molecule has 5 atom stereocenters. The van der Waals surface area contributed by atoms with E-state index in [1.807, 2.05) is 24.3 Å². The average Bonchev–Trinajstić information content (AvgIpc) is 3.32. The van der Waals surface area contributed by atoms with Gasteiger partial charge in [-0.1, -0.05) is 66.3 Å². The van der Waals surface area contributed by atoms with Crippen LogP contribution in [0.25, 0.3) is 16.5 Å². The second-order valence-electron chi connectivity index (χ2n) is 10.2. The van der Waals surface area contributed by atoms with Crippen LogP contribution in [0.5, 0.6) is 5.75 Å². The third-order valence-electron chi connectivity index (χ3n) is 8.24. The van der Waals surface area contributed by atoms with Gasteiger partial charge in [0.15, 0.2) is 0 Å². The maximum atomic E-state index is 10.6. The van der Waals surface area contributed by atoms with E-state index in [2.05, 4.69) is 47.8 Å². The van der Waals surface area contributed by atoms with Crippen LogP contribution in [0.4, 0.5) is 0 Å². The van der Waals surface area contributed by atoms with E-state index in [0.29, 0.717) is 11.8 Å². The fourth-order valence-corrected chi connectivity index (χ4v) is 6.57. The summed E-state index contributed by atoms with van der Waals surface area (Å²) in [4.78, 5) is 4.72. The number of aliphatic imine (C=N–C) groups is 1. The highest BCUT2D eigenvalue weighted by Crippen LogP contribution is 2.53. The molecule has 0 saturated carbocycles. The molecule has 5 nitrogen and oxygen atoms in total. The Morgan fingerprint density at radius 2 is 1.97 bits per heavy atom. The molecule has 0 radical (unpaired) electrons. The van der Waals surface area contributed by atoms with Gasteiger partial charge in [0, 0.05) is 34.7 Å². The van der Waals surface area contributed by atoms with Crippen molar-refractivity contribution in [3.63, 3.8) is 0 Å². The lowest BCUT2D eigenvalue weighted by Crippen LogP contribution is -2.41. The van der Waals surface area contributed by atoms with E-state index in [1.165, 1.54) is 21.9 Å². The lowest BCUT2D eigenvalue weighted by molar-refractivity contribution is 0.155. The molecule has 5 aliphatic rings. The third-order valence-corrected chi connectivity index (χ3v) is 8.24. The number of rotatable bonds is 2. The van der Waals surface area contributed by atoms with Crippen LogP contribution in [-0.4, -0.2) is 36.5 Å². The van der Waals surface area contributed by atoms with Crippen LogP contribution in [0, 0.1) is 5.92 Å². The number of ether oxygens (including phenoxy) is 2. The zero-order valence-electron chi connectivity index (χ0n) is 20.4. The topological polar surface area (TPSA) is 63.1 Å². The largest absolute Gasteiger partial charge is 0.489 e. The van der Waals surface area contributed by atoms with Gasteiger partial charge in [-0.15, -0.1) is 0 Å². The highest BCUT2D eigenvalue weighted by Gasteiger charge is 2.42. The number of hydrogen-bond donors (Lipinski definition) is 2. The minimum Gasteiger partial charge on any atom is -0.489 e. The van der Waals surface area contributed by atoms with E-state index in [1.54, 1.807) is 18.8 Å². The number of fused-ring (bicyclic) bond motifs is 6. The lowest BCUT2D eigenvalue weighted by Gasteiger charge is -2.32. The average molecular weight is 479 g/mol. The molecule has 2 aromatic carbocycles. The number of nitrogens with zero attached hydrogens (tertiary/aromatic N) is 1. The van der Waals surface area contributed by atoms with Crippen molar-refractivity contribution in [1.82, 2.24) is 5.32 Å². The van der Waals surface area contributed by atoms with Gasteiger partial charge >= 0.3 is 0 Å². The number of allylic oxidation sites excluding steroid dienone is 5. The standard InChI is InChI=1S/C31H30N2O3/c1-35-28-17-24(32-31(33-28)22-12-6-7-13-25(22)34)23-16-27-30(21-11-5-4-10-20(21)23)29-19-9-3-2-8-18(19)14-15-26(29)36-27/h2,4-8,10-13,16-17,22,25-26,29,31-32,34H,3,9,14-15H2,1H3. The number of aliphatic hydroxyl groups is 1. The van der Waals surface area contributed by atoms with Crippen molar-refractivity contribution in [3.05, 3.63) is 95.1 Å². The van der Waals surface area contributed by atoms with Gasteiger partial charge in [0.2, 0.25) is 5.90 Å². The maximum Gasteiger partial charge on any atom is 0.212 e. The number of aliphatic hydroxyl groups excluding tert-OH is 1. The van der Waals surface area contributed by atoms with Crippen molar-refractivity contribution < 1.29 is 14.6 Å². The Kier molecular flexibility index (Phi) is 5.14. The normalized spacial score (nSPS) is 30.1. The van der Waals surface area contributed by atoms with E-state index in [9.17, 15) is 5.11 Å². The summed E-state index contributed by atoms with van der Waals surface area (Å²) in [6, 6.07) is 10.9. The predicted molar refractivity (Wildman–Crippen MR) is 143 cm³/mol. The third kappa shape index (κ3) is 3.37. The quantitative estimate of drug-likeness (QED) is 0.595. The lowest BCUT2D eigenvalue weighted by atomic mass is 9.73. The highest BCUT2D eigenvalue weighted by atomic mass is 16.5. The van der Waals surface area contributed by atoms with Gasteiger partial charge in [0.1, 0.15) is 18.0 Å². The molecule has 182 valence electrons. The molecular formula is C31H30N2O3. The summed E-state index contributed by atoms with van der Waals surface area (Å²) in [6.45, 7) is 0. The van der Waals surface area contributed by atoms with Crippen molar-refractivity contribution >= 4 is 22.4 Å². The monoisotopic (exact) mass is 478 g/mol. The van der Waals surface area contributed by atoms with Crippen molar-refractivity contribution in [2.24, 2.45) is 10.9 Å². The molecular weight excluding hydrogens is 448 g/mol. The number of nitrogens with one attached hydrogen (secondary N) is 1. The fraction of sp³-hybridized carbons (Fsp3) is 0.323. The molecule has 5 heteroatoms. The van der Waals surface area contributed by atoms with E-state index >= 15 is 0 Å². The minimum absolute atomic E-state index is 0.187. The van der Waals surface area contributed by atoms with Gasteiger partial charge in [-0.05, 0) is 48.1 Å². The molecule has 2 heterocycles. The zero-order chi connectivity index (χ0) is 24.2. The summed E-state index contributed by atoms with van der Waals surface area (Å²) in [5, 5.41) is 16.7. The second kappa shape index (κ2) is 8.52. The summed E-state index contributed by atoms with van der Waals surface area (Å²) in [6.07, 6.45) is 17.9. The van der Waals surface area contributed by atoms with Gasteiger partial charge in [0.05, 0.1) is 13.2 Å². The molecule has 5 unspecified atom stereocenters. The molecule has 0 spiro atoms. The zero-order valence-corrected chi connectivity index (χ0v) is 20.4. The Labute approximate surface area is 211 Å². The van der Waals surface area contributed by atoms with Crippen molar-refractivity contribution in [1.29, 1.82) is 0 Å². The van der Waals surface area contributed by atoms with Crippen LogP contribution < -0.4 is 10.1 Å². The SMILES string of the molecule is COC1=NC(C2C=CC=CC2O)NC(c2cc3c(c4ccccc24)C2C4=C(C=CCC4)CCC2O3)=C1. The van der Waals surface area contributed by atoms with Crippen LogP contribution in [0.2, 0.25) is 0 Å². The predicted octanol–water partition coefficient (Wildman–Crippen LogP) is 5.54. The first-order valence-corrected chi connectivity index (χ1v) is 13.0. The summed E-state index contributed by atoms with van der Waals surface area (Å²) in [5.41, 5.74) is 6.42. The van der Waals surface area contributed by atoms with Gasteiger partial charge in [-0.25, -0.2) is 4.99 Å². The summed E-state index contributed by atoms with van der Waals surface area (Å²) in [5.74, 6) is 1.68. The van der Waals surface area contributed by atoms with E-state index in [0.717, 1.165) is 42.7 Å². The van der Waals surface area contributed by atoms with Crippen LogP contribution in [0.1, 0.15) is 42.7 Å². The molecule has 36 heavy (non-hydrogen) atoms. The molecule has 2 aliphatic heterocycles. The van der Waals surface area contributed by atoms with Crippen molar-refractivity contribution in [2.75, 3.05) is 7.11 Å². The number of methoxy groups -OCH3 is 1. The van der Waals surface area contributed by atoms with E-state index in [4.69, 9.17) is 14.5 Å². The smallest absolute Gasteiger partial charge is 0.212 e. The Morgan fingerprint density at radius 1 is 1.11 bits per heavy atom. The van der Waals surface area contributed by atoms with Crippen molar-refractivity contribution in [2.45, 2.75) is 50.0 Å². The first kappa shape index (κ1) is 21.7. The van der Waals surface area contributed by atoms with Crippen LogP contribution in [0.15, 0.2) is 89.0 Å². The van der Waals surface area contributed by atoms with Crippen LogP contribution in [-0.2, 0) is 4.74 Å². The van der Waals surface area contributed by atoms with Crippen LogP contribution >= 0.6 is 0 Å². The minimum atomic E-state index is -0.607. The molecule has 0 aromatic heterocycles. The fourth-order valence-electron chi connectivity index (χ4n) is 6.57. The van der Waals surface area contributed by atoms with Crippen molar-refractivity contribution in [3.8, 4) is 5.75 Å². The Morgan fingerprint density at radius 3 is 2.83 bits per heavy atom. The molecule has 7 rings (SSSR count). The molecule has 0 amide bonds. The molecule has 3 aliphatic carbocycles. The molecule has 2 aromatic rings. The Bertz CT molecular complexity index is 1430. The first-order valence-electron chi connectivity index (χ1n) is 13.0. The maximum absolute atomic E-state index is 10.6. The summed E-state index contributed by atoms with van der Waals surface area (Å²) < 4.78 is 12.3. The number of benzene rings is 2. The Hall–Kier alpha value is -3.57. The number of hydrogen-bond acceptors (Lipinski definition) is 5. The first-order chi connectivity index (χ1) is 17.7.